The van der Waals surface area contributed by atoms with E-state index in [1.165, 1.54) is 0 Å². The lowest BCUT2D eigenvalue weighted by molar-refractivity contribution is 0.277. The monoisotopic (exact) mass is 336 g/mol. The summed E-state index contributed by atoms with van der Waals surface area (Å²) in [5.74, 6) is 0. The van der Waals surface area contributed by atoms with Crippen LogP contribution in [0.1, 0.15) is 35.1 Å². The maximum absolute atomic E-state index is 4.25. The highest BCUT2D eigenvalue weighted by Gasteiger charge is 1.95. The lowest BCUT2D eigenvalue weighted by atomic mass is 10.0. The highest BCUT2D eigenvalue weighted by Crippen LogP contribution is 2.08. The van der Waals surface area contributed by atoms with Gasteiger partial charge in [-0.3, -0.25) is 0 Å². The normalized spacial score (nSPS) is 8.00. The van der Waals surface area contributed by atoms with Crippen molar-refractivity contribution in [2.75, 3.05) is 28.4 Å². The molecular weight excluding hydrogens is 296 g/mol. The van der Waals surface area contributed by atoms with E-state index in [0.29, 0.717) is 5.41 Å². The molecule has 0 spiro atoms. The van der Waals surface area contributed by atoms with Crippen molar-refractivity contribution in [3.05, 3.63) is 72.8 Å². The molecule has 2 nitrogen and oxygen atoms in total. The van der Waals surface area contributed by atoms with E-state index in [1.807, 2.05) is 72.8 Å². The minimum absolute atomic E-state index is 0. The Labute approximate surface area is 151 Å². The molecule has 0 fully saturated rings. The number of hydrogen-bond acceptors (Lipinski definition) is 2. The fourth-order valence-electron chi connectivity index (χ4n) is 0.770. The summed E-state index contributed by atoms with van der Waals surface area (Å²) in [5.41, 5.74) is 0.500. The largest absolute Gasteiger partial charge is 0.388 e. The predicted octanol–water partition coefficient (Wildman–Crippen LogP) is 6.59. The van der Waals surface area contributed by atoms with Crippen LogP contribution in [-0.4, -0.2) is 28.4 Å². The lowest BCUT2D eigenvalue weighted by Gasteiger charge is -2.05. The van der Waals surface area contributed by atoms with Gasteiger partial charge in [-0.25, -0.2) is 0 Å². The molecule has 0 unspecified atom stereocenters. The molecule has 0 saturated carbocycles. The van der Waals surface area contributed by atoms with Gasteiger partial charge in [0, 0.05) is 28.4 Å². The van der Waals surface area contributed by atoms with E-state index in [9.17, 15) is 0 Å². The van der Waals surface area contributed by atoms with Crippen molar-refractivity contribution < 1.29 is 9.47 Å². The van der Waals surface area contributed by atoms with Gasteiger partial charge in [0.25, 0.3) is 0 Å². The highest BCUT2D eigenvalue weighted by molar-refractivity contribution is 4.99. The molecule has 0 radical (unpaired) electrons. The van der Waals surface area contributed by atoms with Gasteiger partial charge in [-0.2, -0.15) is 0 Å². The van der Waals surface area contributed by atoms with Crippen molar-refractivity contribution in [2.45, 2.75) is 35.1 Å². The average Bonchev–Trinajstić information content (AvgIpc) is 2.51. The molecule has 0 atom stereocenters. The second-order valence-corrected chi connectivity index (χ2v) is 6.13. The molecule has 2 rings (SSSR count). The van der Waals surface area contributed by atoms with Crippen LogP contribution in [0.25, 0.3) is 0 Å². The average molecular weight is 337 g/mol. The summed E-state index contributed by atoms with van der Waals surface area (Å²) < 4.78 is 8.50. The van der Waals surface area contributed by atoms with Crippen LogP contribution in [0.15, 0.2) is 72.8 Å². The second-order valence-electron chi connectivity index (χ2n) is 6.13. The van der Waals surface area contributed by atoms with E-state index in [1.54, 1.807) is 28.4 Å². The molecule has 0 aromatic heterocycles. The summed E-state index contributed by atoms with van der Waals surface area (Å²) >= 11 is 0. The highest BCUT2D eigenvalue weighted by atomic mass is 16.5. The van der Waals surface area contributed by atoms with Gasteiger partial charge in [0.1, 0.15) is 0 Å². The Morgan fingerprint density at radius 3 is 0.500 bits per heavy atom. The van der Waals surface area contributed by atoms with Crippen molar-refractivity contribution in [2.24, 2.45) is 5.41 Å². The molecule has 0 aliphatic heterocycles. The molecule has 0 N–H and O–H groups in total. The first kappa shape index (κ1) is 30.3. The third-order valence-corrected chi connectivity index (χ3v) is 1.33. The maximum Gasteiger partial charge on any atom is 0.0351 e. The zero-order chi connectivity index (χ0) is 18.4. The molecule has 2 heteroatoms. The van der Waals surface area contributed by atoms with Crippen LogP contribution in [0, 0.1) is 5.41 Å². The summed E-state index contributed by atoms with van der Waals surface area (Å²) in [6.07, 6.45) is 0. The van der Waals surface area contributed by atoms with Crippen molar-refractivity contribution in [1.82, 2.24) is 0 Å². The summed E-state index contributed by atoms with van der Waals surface area (Å²) in [5, 5.41) is 0. The summed E-state index contributed by atoms with van der Waals surface area (Å²) in [6.45, 7) is 8.75. The molecule has 0 heterocycles. The van der Waals surface area contributed by atoms with E-state index >= 15 is 0 Å². The van der Waals surface area contributed by atoms with Gasteiger partial charge in [0.2, 0.25) is 0 Å². The van der Waals surface area contributed by atoms with Crippen LogP contribution in [0.4, 0.5) is 0 Å². The maximum atomic E-state index is 4.25. The molecular formula is C22H40O2. The third kappa shape index (κ3) is 71.1. The summed E-state index contributed by atoms with van der Waals surface area (Å²) in [4.78, 5) is 0. The van der Waals surface area contributed by atoms with Crippen molar-refractivity contribution >= 4 is 0 Å². The topological polar surface area (TPSA) is 18.5 Å². The van der Waals surface area contributed by atoms with Gasteiger partial charge in [-0.1, -0.05) is 108 Å². The Morgan fingerprint density at radius 1 is 0.417 bits per heavy atom. The third-order valence-electron chi connectivity index (χ3n) is 1.33. The van der Waals surface area contributed by atoms with Gasteiger partial charge in [-0.05, 0) is 5.41 Å². The molecule has 2 aromatic rings. The molecule has 0 aliphatic rings. The minimum Gasteiger partial charge on any atom is -0.388 e. The van der Waals surface area contributed by atoms with Crippen LogP contribution >= 0.6 is 0 Å². The van der Waals surface area contributed by atoms with E-state index in [2.05, 4.69) is 37.2 Å². The number of benzene rings is 2. The van der Waals surface area contributed by atoms with Crippen LogP contribution in [0.5, 0.6) is 0 Å². The predicted molar refractivity (Wildman–Crippen MR) is 111 cm³/mol. The quantitative estimate of drug-likeness (QED) is 0.540. The van der Waals surface area contributed by atoms with Crippen molar-refractivity contribution in [1.29, 1.82) is 0 Å². The fraction of sp³-hybridized carbons (Fsp3) is 0.455. The first-order valence-electron chi connectivity index (χ1n) is 7.63. The Kier molecular flexibility index (Phi) is 33.1. The van der Waals surface area contributed by atoms with E-state index in [0.717, 1.165) is 0 Å². The zero-order valence-electron chi connectivity index (χ0n) is 16.2. The van der Waals surface area contributed by atoms with Gasteiger partial charge < -0.3 is 9.47 Å². The number of hydrogen-bond donors (Lipinski definition) is 0. The smallest absolute Gasteiger partial charge is 0.0351 e. The van der Waals surface area contributed by atoms with Crippen LogP contribution in [0.2, 0.25) is 0 Å². The fourth-order valence-corrected chi connectivity index (χ4v) is 0.770. The number of ether oxygens (including phenoxy) is 2. The molecule has 0 amide bonds. The zero-order valence-corrected chi connectivity index (χ0v) is 16.2. The van der Waals surface area contributed by atoms with E-state index < -0.39 is 0 Å². The van der Waals surface area contributed by atoms with Crippen LogP contribution < -0.4 is 0 Å². The first-order chi connectivity index (χ1) is 10.8. The van der Waals surface area contributed by atoms with Crippen molar-refractivity contribution in [3.8, 4) is 0 Å². The Balaban J connectivity index is -0.000000107. The summed E-state index contributed by atoms with van der Waals surface area (Å²) in [6, 6.07) is 24.0. The number of rotatable bonds is 0. The van der Waals surface area contributed by atoms with Crippen LogP contribution in [0.3, 0.4) is 0 Å². The minimum atomic E-state index is 0. The molecule has 0 saturated heterocycles. The van der Waals surface area contributed by atoms with E-state index in [4.69, 9.17) is 0 Å². The first-order valence-corrected chi connectivity index (χ1v) is 7.63. The van der Waals surface area contributed by atoms with Gasteiger partial charge in [-0.15, -0.1) is 0 Å². The van der Waals surface area contributed by atoms with Gasteiger partial charge >= 0.3 is 0 Å². The van der Waals surface area contributed by atoms with E-state index in [-0.39, 0.29) is 7.43 Å². The molecule has 2 aromatic carbocycles. The second kappa shape index (κ2) is 26.3. The van der Waals surface area contributed by atoms with Crippen LogP contribution in [-0.2, 0) is 9.47 Å². The molecule has 0 aliphatic carbocycles. The standard InChI is InChI=1S/2C6H6.C5H12.2C2H6O.CH4/c2*1-2-4-6-5-3-1;1-5(2,3)4;2*1-3-2;/h2*1-6H;1-4H3;2*1-2H3;1H4. The summed E-state index contributed by atoms with van der Waals surface area (Å²) in [7, 11) is 6.50. The SMILES string of the molecule is C.CC(C)(C)C.COC.COC.c1ccccc1.c1ccccc1. The van der Waals surface area contributed by atoms with Crippen molar-refractivity contribution in [3.63, 3.8) is 0 Å². The Bertz CT molecular complexity index is 273. The molecule has 140 valence electrons. The Hall–Kier alpha value is -1.64. The molecule has 24 heavy (non-hydrogen) atoms. The van der Waals surface area contributed by atoms with Gasteiger partial charge in [0.05, 0.1) is 0 Å². The molecule has 0 bridgehead atoms. The Morgan fingerprint density at radius 2 is 0.458 bits per heavy atom. The van der Waals surface area contributed by atoms with Gasteiger partial charge in [0.15, 0.2) is 0 Å². The number of methoxy groups -OCH3 is 2. The lowest BCUT2D eigenvalue weighted by Crippen LogP contribution is -1.93.